The Hall–Kier alpha value is -10.7. The fourth-order valence-corrected chi connectivity index (χ4v) is 14.3. The average molecular weight is 1470 g/mol. The highest BCUT2D eigenvalue weighted by molar-refractivity contribution is 6.17. The van der Waals surface area contributed by atoms with Crippen LogP contribution in [0.2, 0.25) is 0 Å². The van der Waals surface area contributed by atoms with Gasteiger partial charge in [-0.2, -0.15) is 19.9 Å². The summed E-state index contributed by atoms with van der Waals surface area (Å²) in [6.45, 7) is 19.0. The van der Waals surface area contributed by atoms with Gasteiger partial charge in [-0.3, -0.25) is 29.2 Å². The number of fused-ring (bicyclic) bond motifs is 10. The first-order chi connectivity index (χ1) is 50.5. The first-order valence-corrected chi connectivity index (χ1v) is 35.1. The van der Waals surface area contributed by atoms with E-state index in [0.717, 1.165) is 55.2 Å². The van der Waals surface area contributed by atoms with Crippen LogP contribution in [0.15, 0.2) is 49.1 Å². The number of piperidine rings is 2. The van der Waals surface area contributed by atoms with Gasteiger partial charge in [0.15, 0.2) is 11.5 Å². The number of anilines is 4. The summed E-state index contributed by atoms with van der Waals surface area (Å²) in [5, 5.41) is 8.23. The van der Waals surface area contributed by atoms with E-state index < -0.39 is 72.7 Å². The van der Waals surface area contributed by atoms with E-state index in [1.54, 1.807) is 39.5 Å². The summed E-state index contributed by atoms with van der Waals surface area (Å²) in [5.74, 6) is 0.954. The zero-order valence-corrected chi connectivity index (χ0v) is 60.6. The van der Waals surface area contributed by atoms with Gasteiger partial charge in [0.1, 0.15) is 57.4 Å². The fraction of sp³-hybridized carbons (Fsp3) is 0.514. The molecule has 36 heteroatoms. The summed E-state index contributed by atoms with van der Waals surface area (Å²) in [6.07, 6.45) is 6.62. The number of nitrogens with zero attached hydrogens (tertiary/aromatic N) is 15. The number of nitrogens with two attached hydrogens (primary N) is 1. The van der Waals surface area contributed by atoms with Gasteiger partial charge in [0.2, 0.25) is 13.6 Å². The van der Waals surface area contributed by atoms with E-state index in [1.807, 2.05) is 30.6 Å². The largest absolute Gasteiger partial charge is 0.444 e. The highest BCUT2D eigenvalue weighted by atomic mass is 19.1. The number of aromatic amines is 2. The minimum Gasteiger partial charge on any atom is -0.444 e. The summed E-state index contributed by atoms with van der Waals surface area (Å²) in [5.41, 5.74) is 6.96. The molecule has 0 unspecified atom stereocenters. The van der Waals surface area contributed by atoms with E-state index in [1.165, 1.54) is 63.1 Å². The van der Waals surface area contributed by atoms with Gasteiger partial charge in [-0.15, -0.1) is 0 Å². The standard InChI is InChI=1S/C40H51FN10O9.C30H35FN10O5/c1-22-42-17-26(18-43-22)58-35-46-33-31(34(47-35)51-19-23-13-25(51)16-28(23)44-36(53)59-39(2,3)4)27-14-24(41)15-29(32(27)45-33)48(8)37(54)57-21-56-30(52)20-49-9-11-50(12-10-49)38(55)60-40(5,6)7;1-16-34-11-20(12-35-16)46-29-37-27-25(28(38-29)41-13-17-7-19(41)10-22(17)32)21-8-18(31)9-23(26(21)36-27)39(2)30(43)45-15-44-24(42)14-40-5-3-33-4-6-40/h14-15,17-18,23,25,28H,9-13,16,19-21H2,1-8H3,(H,44,53)(H,45,46,47);8-9,11-12,17,19,22,33H,3-7,10,13-15,32H2,1-2H3,(H,36,37,38)/t23-,25-,28-;17-,19-,22-/m11/s1. The molecule has 6 fully saturated rings. The molecule has 14 rings (SSSR count). The number of hydrogen-bond acceptors (Lipinski definition) is 28. The van der Waals surface area contributed by atoms with E-state index in [2.05, 4.69) is 60.3 Å². The van der Waals surface area contributed by atoms with Crippen molar-refractivity contribution in [2.45, 2.75) is 116 Å². The number of rotatable bonds is 17. The summed E-state index contributed by atoms with van der Waals surface area (Å²) in [6, 6.07) is 5.34. The fourth-order valence-electron chi connectivity index (χ4n) is 14.3. The molecule has 8 aromatic rings. The summed E-state index contributed by atoms with van der Waals surface area (Å²) in [4.78, 5) is 130. The monoisotopic (exact) mass is 1470 g/mol. The quantitative estimate of drug-likeness (QED) is 0.0339. The van der Waals surface area contributed by atoms with Gasteiger partial charge in [0, 0.05) is 114 Å². The molecule has 6 aromatic heterocycles. The number of alkyl carbamates (subject to hydrolysis) is 1. The van der Waals surface area contributed by atoms with Crippen LogP contribution in [0.25, 0.3) is 43.9 Å². The molecule has 4 aliphatic heterocycles. The van der Waals surface area contributed by atoms with Crippen molar-refractivity contribution in [1.82, 2.24) is 75.2 Å². The molecular formula is C70H86F2N20O14. The molecule has 0 spiro atoms. The summed E-state index contributed by atoms with van der Waals surface area (Å²) in [7, 11) is 2.85. The Kier molecular flexibility index (Phi) is 21.1. The van der Waals surface area contributed by atoms with E-state index in [4.69, 9.17) is 53.6 Å². The van der Waals surface area contributed by atoms with Crippen LogP contribution in [0.4, 0.5) is 51.0 Å². The molecule has 564 valence electrons. The number of hydrogen-bond donors (Lipinski definition) is 5. The number of halogens is 2. The number of ether oxygens (including phenoxy) is 8. The van der Waals surface area contributed by atoms with Crippen molar-refractivity contribution in [2.24, 2.45) is 17.6 Å². The first kappa shape index (κ1) is 73.6. The predicted octanol–water partition coefficient (Wildman–Crippen LogP) is 7.30. The number of amides is 4. The molecule has 2 aromatic carbocycles. The third kappa shape index (κ3) is 16.8. The van der Waals surface area contributed by atoms with Gasteiger partial charge < -0.3 is 78.9 Å². The second kappa shape index (κ2) is 30.4. The lowest BCUT2D eigenvalue weighted by Gasteiger charge is -2.35. The molecule has 6 atom stereocenters. The minimum atomic E-state index is -0.908. The number of carbonyl (C=O) groups excluding carboxylic acids is 6. The van der Waals surface area contributed by atoms with Crippen LogP contribution in [-0.4, -0.2) is 242 Å². The number of piperazine rings is 2. The highest BCUT2D eigenvalue weighted by Gasteiger charge is 2.48. The SMILES string of the molecule is Cc1ncc(Oc2nc(N3C[C@H]4C[C@@H]3C[C@H]4N)c3c(n2)[nH]c2c(N(C)C(=O)OCOC(=O)CN4CCNCC4)cc(F)cc23)cn1.Cc1ncc(Oc2nc(N3C[C@H]4C[C@@H]3C[C@H]4NC(=O)OC(C)(C)C)c3c(n2)[nH]c2c(N(C)C(=O)OCOC(=O)CN4CCN(C(=O)OC(C)(C)C)CC4)cc(F)cc23)cn1. The summed E-state index contributed by atoms with van der Waals surface area (Å²) >= 11 is 0. The van der Waals surface area contributed by atoms with Gasteiger partial charge in [0.05, 0.1) is 71.1 Å². The minimum absolute atomic E-state index is 0.00997. The molecule has 106 heavy (non-hydrogen) atoms. The third-order valence-electron chi connectivity index (χ3n) is 19.3. The number of aryl methyl sites for hydroxylation is 2. The number of esters is 2. The Morgan fingerprint density at radius 1 is 0.585 bits per heavy atom. The maximum absolute atomic E-state index is 15.6. The zero-order valence-electron chi connectivity index (χ0n) is 60.6. The van der Waals surface area contributed by atoms with Gasteiger partial charge >= 0.3 is 48.3 Å². The van der Waals surface area contributed by atoms with Crippen molar-refractivity contribution >= 4 is 103 Å². The molecule has 34 nitrogen and oxygen atoms in total. The van der Waals surface area contributed by atoms with E-state index in [-0.39, 0.29) is 66.6 Å². The first-order valence-electron chi connectivity index (χ1n) is 35.1. The lowest BCUT2D eigenvalue weighted by Crippen LogP contribution is -2.51. The normalized spacial score (nSPS) is 20.2. The Bertz CT molecular complexity index is 4620. The van der Waals surface area contributed by atoms with Crippen molar-refractivity contribution in [3.05, 3.63) is 72.3 Å². The smallest absolute Gasteiger partial charge is 0.416 e. The maximum atomic E-state index is 15.6. The maximum Gasteiger partial charge on any atom is 0.416 e. The van der Waals surface area contributed by atoms with Crippen LogP contribution in [0.5, 0.6) is 23.5 Å². The van der Waals surface area contributed by atoms with Crippen LogP contribution in [0.3, 0.4) is 0 Å². The Morgan fingerprint density at radius 2 is 1.04 bits per heavy atom. The van der Waals surface area contributed by atoms with Crippen molar-refractivity contribution < 1.29 is 75.4 Å². The molecular weight excluding hydrogens is 1380 g/mol. The number of aromatic nitrogens is 10. The number of benzene rings is 2. The number of nitrogens with one attached hydrogen (secondary N) is 4. The molecule has 0 radical (unpaired) electrons. The average Bonchev–Trinajstić information content (AvgIpc) is 1.57. The van der Waals surface area contributed by atoms with Crippen LogP contribution in [0.1, 0.15) is 78.9 Å². The Morgan fingerprint density at radius 3 is 1.47 bits per heavy atom. The lowest BCUT2D eigenvalue weighted by molar-refractivity contribution is -0.154. The molecule has 4 saturated heterocycles. The predicted molar refractivity (Wildman–Crippen MR) is 380 cm³/mol. The zero-order chi connectivity index (χ0) is 75.0. The van der Waals surface area contributed by atoms with Gasteiger partial charge in [-0.1, -0.05) is 0 Å². The lowest BCUT2D eigenvalue weighted by atomic mass is 10.0. The highest BCUT2D eigenvalue weighted by Crippen LogP contribution is 2.47. The van der Waals surface area contributed by atoms with Crippen LogP contribution >= 0.6 is 0 Å². The molecule has 2 aliphatic carbocycles. The summed E-state index contributed by atoms with van der Waals surface area (Å²) < 4.78 is 74.5. The van der Waals surface area contributed by atoms with Gasteiger partial charge in [0.25, 0.3) is 0 Å². The number of H-pyrrole nitrogens is 2. The van der Waals surface area contributed by atoms with Crippen molar-refractivity contribution in [3.8, 4) is 23.5 Å². The second-order valence-electron chi connectivity index (χ2n) is 29.2. The van der Waals surface area contributed by atoms with Crippen molar-refractivity contribution in [3.63, 3.8) is 0 Å². The molecule has 6 aliphatic rings. The Balaban J connectivity index is 0.000000194. The Labute approximate surface area is 607 Å². The van der Waals surface area contributed by atoms with Gasteiger partial charge in [-0.05, 0) is 117 Å². The van der Waals surface area contributed by atoms with E-state index >= 15 is 8.78 Å². The second-order valence-corrected chi connectivity index (χ2v) is 29.2. The molecule has 10 heterocycles. The van der Waals surface area contributed by atoms with E-state index in [9.17, 15) is 28.8 Å². The van der Waals surface area contributed by atoms with Crippen molar-refractivity contribution in [2.75, 3.05) is 126 Å². The van der Waals surface area contributed by atoms with Crippen LogP contribution in [-0.2, 0) is 38.0 Å². The molecule has 6 N–H and O–H groups in total. The topological polar surface area (TPSA) is 384 Å². The molecule has 4 bridgehead atoms. The van der Waals surface area contributed by atoms with E-state index in [0.29, 0.717) is 130 Å². The van der Waals surface area contributed by atoms with Gasteiger partial charge in [-0.25, -0.2) is 47.9 Å². The van der Waals surface area contributed by atoms with Crippen molar-refractivity contribution in [1.29, 1.82) is 0 Å². The molecule has 2 saturated carbocycles. The van der Waals surface area contributed by atoms with Crippen LogP contribution in [0, 0.1) is 37.3 Å². The number of carbonyl (C=O) groups is 6. The third-order valence-corrected chi connectivity index (χ3v) is 19.3. The molecule has 4 amide bonds. The van der Waals surface area contributed by atoms with Crippen LogP contribution < -0.4 is 45.4 Å².